The van der Waals surface area contributed by atoms with Gasteiger partial charge in [-0.25, -0.2) is 0 Å². The van der Waals surface area contributed by atoms with E-state index in [-0.39, 0.29) is 12.2 Å². The van der Waals surface area contributed by atoms with Crippen molar-refractivity contribution >= 4 is 13.1 Å². The van der Waals surface area contributed by atoms with E-state index in [0.717, 1.165) is 32.1 Å². The van der Waals surface area contributed by atoms with Crippen molar-refractivity contribution in [2.75, 3.05) is 6.61 Å². The molecular formula is C40H81BNO4. The van der Waals surface area contributed by atoms with Gasteiger partial charge in [-0.3, -0.25) is 0 Å². The van der Waals surface area contributed by atoms with Gasteiger partial charge >= 0.3 is 179 Å². The maximum atomic E-state index is 10.6. The molecule has 0 aromatic rings. The van der Waals surface area contributed by atoms with Gasteiger partial charge in [0.15, 0.2) is 0 Å². The number of hydrogen-bond acceptors (Lipinski definition) is 5. The molecule has 0 aliphatic heterocycles. The molecule has 0 saturated heterocycles. The monoisotopic (exact) mass is 651 g/mol. The molecule has 0 aliphatic carbocycles. The molecule has 0 aromatic carbocycles. The Hall–Kier alpha value is -0.425. The van der Waals surface area contributed by atoms with Gasteiger partial charge in [0.2, 0.25) is 0 Å². The fourth-order valence-electron chi connectivity index (χ4n) is 6.58. The van der Waals surface area contributed by atoms with E-state index < -0.39 is 24.4 Å². The van der Waals surface area contributed by atoms with E-state index in [1.165, 1.54) is 161 Å². The maximum absolute atomic E-state index is 10.6. The van der Waals surface area contributed by atoms with Crippen molar-refractivity contribution in [1.82, 2.24) is 5.32 Å². The Bertz CT molecular complexity index is 622. The van der Waals surface area contributed by atoms with Crippen LogP contribution in [0.1, 0.15) is 219 Å². The number of aliphatic hydroxyl groups excluding tert-OH is 4. The van der Waals surface area contributed by atoms with E-state index >= 15 is 0 Å². The van der Waals surface area contributed by atoms with E-state index in [1.807, 2.05) is 0 Å². The van der Waals surface area contributed by atoms with Crippen LogP contribution in [0.3, 0.4) is 0 Å². The topological polar surface area (TPSA) is 93.0 Å². The van der Waals surface area contributed by atoms with Crippen LogP contribution in [0.15, 0.2) is 0 Å². The molecule has 0 heterocycles. The molecule has 0 saturated carbocycles. The van der Waals surface area contributed by atoms with Crippen LogP contribution in [-0.2, 0) is 0 Å². The summed E-state index contributed by atoms with van der Waals surface area (Å²) in [4.78, 5) is 0. The average Bonchev–Trinajstić information content (AvgIpc) is 3.06. The van der Waals surface area contributed by atoms with E-state index in [0.29, 0.717) is 12.8 Å². The van der Waals surface area contributed by atoms with Crippen LogP contribution in [-0.4, -0.2) is 64.5 Å². The van der Waals surface area contributed by atoms with Crippen LogP contribution in [0.2, 0.25) is 0 Å². The molecule has 5 N–H and O–H groups in total. The van der Waals surface area contributed by atoms with E-state index in [1.54, 1.807) is 0 Å². The van der Waals surface area contributed by atoms with Crippen LogP contribution in [0, 0.1) is 0 Å². The molecular weight excluding hydrogens is 569 g/mol. The predicted octanol–water partition coefficient (Wildman–Crippen LogP) is 9.84. The second kappa shape index (κ2) is 35.9. The molecule has 273 valence electrons. The van der Waals surface area contributed by atoms with Crippen molar-refractivity contribution in [3.05, 3.63) is 0 Å². The fraction of sp³-hybridized carbons (Fsp3) is 0.975. The SMILES string of the molecule is [B]=C(NC(CO)C(O)C(O)CCCCCCCCCCCCCC)C(O)CCCCCCCCCCCCCCCCCCCC. The molecule has 0 amide bonds. The first-order valence-corrected chi connectivity index (χ1v) is 20.5. The number of nitrogens with one attached hydrogen (secondary N) is 1. The molecule has 1 radical (unpaired) electrons. The Labute approximate surface area is 288 Å². The summed E-state index contributed by atoms with van der Waals surface area (Å²) in [5.41, 5.74) is 0.169. The van der Waals surface area contributed by atoms with Gasteiger partial charge in [-0.2, -0.15) is 0 Å². The van der Waals surface area contributed by atoms with E-state index in [2.05, 4.69) is 19.2 Å². The molecule has 4 unspecified atom stereocenters. The zero-order valence-corrected chi connectivity index (χ0v) is 31.0. The van der Waals surface area contributed by atoms with Gasteiger partial charge in [0.25, 0.3) is 0 Å². The summed E-state index contributed by atoms with van der Waals surface area (Å²) in [6.45, 7) is 4.18. The second-order valence-electron chi connectivity index (χ2n) is 14.4. The fourth-order valence-corrected chi connectivity index (χ4v) is 6.58. The zero-order valence-electron chi connectivity index (χ0n) is 31.0. The third kappa shape index (κ3) is 29.7. The van der Waals surface area contributed by atoms with Crippen LogP contribution < -0.4 is 5.32 Å². The average molecular weight is 651 g/mol. The Morgan fingerprint density at radius 2 is 0.739 bits per heavy atom. The minimum atomic E-state index is -1.13. The minimum Gasteiger partial charge on any atom is -0.0654 e. The Kier molecular flexibility index (Phi) is 35.5. The van der Waals surface area contributed by atoms with Gasteiger partial charge in [-0.15, -0.1) is 0 Å². The van der Waals surface area contributed by atoms with Crippen molar-refractivity contribution in [2.24, 2.45) is 0 Å². The summed E-state index contributed by atoms with van der Waals surface area (Å²) in [6.07, 6.45) is 37.1. The molecule has 0 aliphatic rings. The molecule has 0 bridgehead atoms. The van der Waals surface area contributed by atoms with Crippen LogP contribution in [0.5, 0.6) is 0 Å². The second-order valence-corrected chi connectivity index (χ2v) is 14.4. The third-order valence-corrected chi connectivity index (χ3v) is 9.90. The first-order chi connectivity index (χ1) is 22.5. The van der Waals surface area contributed by atoms with Gasteiger partial charge < -0.3 is 0 Å². The van der Waals surface area contributed by atoms with Crippen LogP contribution in [0.4, 0.5) is 0 Å². The van der Waals surface area contributed by atoms with Gasteiger partial charge in [0.05, 0.1) is 0 Å². The molecule has 0 fully saturated rings. The summed E-state index contributed by atoms with van der Waals surface area (Å²) in [5.74, 6) is 0. The smallest absolute Gasteiger partial charge is 0.0654 e. The Morgan fingerprint density at radius 3 is 1.04 bits per heavy atom. The first kappa shape index (κ1) is 45.6. The van der Waals surface area contributed by atoms with Crippen molar-refractivity contribution in [3.8, 4) is 0 Å². The summed E-state index contributed by atoms with van der Waals surface area (Å²) in [6, 6.07) is -0.790. The number of rotatable bonds is 38. The van der Waals surface area contributed by atoms with Crippen molar-refractivity contribution in [1.29, 1.82) is 0 Å². The molecule has 6 heteroatoms. The first-order valence-electron chi connectivity index (χ1n) is 20.5. The minimum absolute atomic E-state index is 0.169. The summed E-state index contributed by atoms with van der Waals surface area (Å²) in [7, 11) is 6.08. The van der Waals surface area contributed by atoms with Gasteiger partial charge in [0, 0.05) is 0 Å². The molecule has 46 heavy (non-hydrogen) atoms. The summed E-state index contributed by atoms with van der Waals surface area (Å²) in [5, 5.41) is 44.3. The van der Waals surface area contributed by atoms with Gasteiger partial charge in [-0.05, 0) is 0 Å². The standard InChI is InChI=1S/C40H81BNO4/c1-3-5-7-9-11-13-15-17-18-19-20-21-22-24-26-28-30-32-34-38(45)40(41)42-36(35-43)39(46)37(44)33-31-29-27-25-23-16-14-12-10-8-6-4-2/h36-39,42-46H,3-35H2,1-2H3. The predicted molar refractivity (Wildman–Crippen MR) is 202 cm³/mol. The summed E-state index contributed by atoms with van der Waals surface area (Å²) >= 11 is 0. The summed E-state index contributed by atoms with van der Waals surface area (Å²) < 4.78 is 0. The van der Waals surface area contributed by atoms with Crippen LogP contribution in [0.25, 0.3) is 0 Å². The molecule has 0 aromatic heterocycles. The van der Waals surface area contributed by atoms with Crippen molar-refractivity contribution < 1.29 is 20.4 Å². The van der Waals surface area contributed by atoms with E-state index in [4.69, 9.17) is 7.49 Å². The third-order valence-electron chi connectivity index (χ3n) is 9.90. The molecule has 0 spiro atoms. The van der Waals surface area contributed by atoms with Crippen LogP contribution >= 0.6 is 0 Å². The normalized spacial score (nSPS) is 14.3. The number of aliphatic hydroxyl groups is 4. The van der Waals surface area contributed by atoms with Crippen molar-refractivity contribution in [3.63, 3.8) is 0 Å². The Balaban J connectivity index is 3.72. The number of hydrogen-bond donors (Lipinski definition) is 5. The van der Waals surface area contributed by atoms with Gasteiger partial charge in [-0.1, -0.05) is 110 Å². The molecule has 0 rings (SSSR count). The van der Waals surface area contributed by atoms with E-state index in [9.17, 15) is 20.4 Å². The molecule has 5 nitrogen and oxygen atoms in total. The Morgan fingerprint density at radius 1 is 0.457 bits per heavy atom. The number of unbranched alkanes of at least 4 members (excludes halogenated alkanes) is 28. The zero-order chi connectivity index (χ0) is 33.9. The molecule has 4 atom stereocenters. The quantitative estimate of drug-likeness (QED) is 0.0339. The van der Waals surface area contributed by atoms with Crippen molar-refractivity contribution in [2.45, 2.75) is 244 Å². The van der Waals surface area contributed by atoms with Gasteiger partial charge in [0.1, 0.15) is 0 Å².